The lowest BCUT2D eigenvalue weighted by molar-refractivity contribution is -0.137. The van der Waals surface area contributed by atoms with Crippen LogP contribution in [0.15, 0.2) is 82.8 Å². The van der Waals surface area contributed by atoms with Crippen molar-refractivity contribution in [1.29, 1.82) is 0 Å². The Balaban J connectivity index is 1.29. The van der Waals surface area contributed by atoms with Crippen LogP contribution in [0.4, 0.5) is 18.9 Å². The fraction of sp³-hybridized carbons (Fsp3) is 0.267. The van der Waals surface area contributed by atoms with Crippen LogP contribution in [0, 0.1) is 6.92 Å². The number of benzene rings is 3. The van der Waals surface area contributed by atoms with Crippen LogP contribution >= 0.6 is 11.8 Å². The Morgan fingerprint density at radius 1 is 0.956 bits per heavy atom. The smallest absolute Gasteiger partial charge is 0.345 e. The van der Waals surface area contributed by atoms with E-state index in [0.29, 0.717) is 29.8 Å². The first-order valence-corrected chi connectivity index (χ1v) is 16.3. The van der Waals surface area contributed by atoms with Crippen LogP contribution in [-0.4, -0.2) is 58.1 Å². The Morgan fingerprint density at radius 3 is 2.36 bits per heavy atom. The Bertz CT molecular complexity index is 1800. The zero-order valence-electron chi connectivity index (χ0n) is 24.0. The Hall–Kier alpha value is -4.21. The SMILES string of the molecule is Cc1cccc(-n2c(CNC(=O)c3ccc(S(=O)(=O)N4CCCC4)cc3)nnc2SCC(=O)Nc2ccccc2C(F)(F)F)c1. The largest absolute Gasteiger partial charge is 0.418 e. The molecule has 1 aliphatic heterocycles. The number of anilines is 1. The third kappa shape index (κ3) is 7.54. The van der Waals surface area contributed by atoms with Gasteiger partial charge in [-0.15, -0.1) is 10.2 Å². The molecule has 2 N–H and O–H groups in total. The third-order valence-electron chi connectivity index (χ3n) is 7.03. The maximum Gasteiger partial charge on any atom is 0.418 e. The molecule has 1 saturated heterocycles. The van der Waals surface area contributed by atoms with E-state index in [1.54, 1.807) is 10.6 Å². The molecule has 236 valence electrons. The van der Waals surface area contributed by atoms with Crippen molar-refractivity contribution in [3.8, 4) is 5.69 Å². The number of amides is 2. The number of nitrogens with zero attached hydrogens (tertiary/aromatic N) is 4. The van der Waals surface area contributed by atoms with Crippen LogP contribution in [0.3, 0.4) is 0 Å². The van der Waals surface area contributed by atoms with Gasteiger partial charge in [-0.05, 0) is 73.9 Å². The average Bonchev–Trinajstić information content (AvgIpc) is 3.70. The molecule has 0 bridgehead atoms. The lowest BCUT2D eigenvalue weighted by atomic mass is 10.1. The van der Waals surface area contributed by atoms with Gasteiger partial charge in [0.2, 0.25) is 15.9 Å². The van der Waals surface area contributed by atoms with E-state index in [9.17, 15) is 31.2 Å². The number of para-hydroxylation sites is 1. The molecule has 2 heterocycles. The lowest BCUT2D eigenvalue weighted by Crippen LogP contribution is -2.28. The van der Waals surface area contributed by atoms with Crippen molar-refractivity contribution in [2.75, 3.05) is 24.2 Å². The predicted octanol–water partition coefficient (Wildman–Crippen LogP) is 5.04. The average molecular weight is 659 g/mol. The lowest BCUT2D eigenvalue weighted by Gasteiger charge is -2.15. The van der Waals surface area contributed by atoms with Crippen molar-refractivity contribution in [2.45, 2.75) is 42.5 Å². The summed E-state index contributed by atoms with van der Waals surface area (Å²) in [7, 11) is -3.61. The van der Waals surface area contributed by atoms with Crippen LogP contribution in [0.1, 0.15) is 40.2 Å². The highest BCUT2D eigenvalue weighted by Gasteiger charge is 2.33. The summed E-state index contributed by atoms with van der Waals surface area (Å²) in [6, 6.07) is 17.8. The first-order chi connectivity index (χ1) is 21.4. The summed E-state index contributed by atoms with van der Waals surface area (Å²) in [5.74, 6) is -1.04. The van der Waals surface area contributed by atoms with Gasteiger partial charge in [0.25, 0.3) is 5.91 Å². The van der Waals surface area contributed by atoms with E-state index in [2.05, 4.69) is 20.8 Å². The van der Waals surface area contributed by atoms with Crippen molar-refractivity contribution < 1.29 is 31.2 Å². The molecule has 1 aromatic heterocycles. The molecule has 0 saturated carbocycles. The Kier molecular flexibility index (Phi) is 9.60. The van der Waals surface area contributed by atoms with E-state index in [4.69, 9.17) is 0 Å². The molecule has 0 radical (unpaired) electrons. The van der Waals surface area contributed by atoms with E-state index in [1.807, 2.05) is 25.1 Å². The molecule has 0 spiro atoms. The zero-order valence-corrected chi connectivity index (χ0v) is 25.7. The topological polar surface area (TPSA) is 126 Å². The maximum atomic E-state index is 13.4. The van der Waals surface area contributed by atoms with Gasteiger partial charge in [-0.2, -0.15) is 17.5 Å². The minimum absolute atomic E-state index is 0.0562. The highest BCUT2D eigenvalue weighted by atomic mass is 32.2. The van der Waals surface area contributed by atoms with Crippen LogP contribution in [0.5, 0.6) is 0 Å². The first kappa shape index (κ1) is 32.2. The van der Waals surface area contributed by atoms with E-state index in [-0.39, 0.29) is 28.4 Å². The third-order valence-corrected chi connectivity index (χ3v) is 9.87. The van der Waals surface area contributed by atoms with Crippen molar-refractivity contribution in [2.24, 2.45) is 0 Å². The summed E-state index contributed by atoms with van der Waals surface area (Å²) in [4.78, 5) is 25.7. The van der Waals surface area contributed by atoms with Gasteiger partial charge in [-0.25, -0.2) is 8.42 Å². The van der Waals surface area contributed by atoms with Gasteiger partial charge >= 0.3 is 6.18 Å². The van der Waals surface area contributed by atoms with Crippen LogP contribution in [-0.2, 0) is 27.5 Å². The maximum absolute atomic E-state index is 13.4. The number of hydrogen-bond acceptors (Lipinski definition) is 7. The molecule has 0 aliphatic carbocycles. The summed E-state index contributed by atoms with van der Waals surface area (Å²) in [6.45, 7) is 2.78. The minimum atomic E-state index is -4.63. The fourth-order valence-electron chi connectivity index (χ4n) is 4.81. The molecule has 5 rings (SSSR count). The highest BCUT2D eigenvalue weighted by molar-refractivity contribution is 7.99. The quantitative estimate of drug-likeness (QED) is 0.229. The summed E-state index contributed by atoms with van der Waals surface area (Å²) < 4.78 is 68.7. The normalized spacial score (nSPS) is 14.0. The van der Waals surface area contributed by atoms with E-state index in [0.717, 1.165) is 36.2 Å². The number of halogens is 3. The second-order valence-corrected chi connectivity index (χ2v) is 13.2. The Morgan fingerprint density at radius 2 is 1.67 bits per heavy atom. The molecule has 15 heteroatoms. The second-order valence-electron chi connectivity index (χ2n) is 10.3. The van der Waals surface area contributed by atoms with E-state index in [1.165, 1.54) is 46.8 Å². The number of alkyl halides is 3. The van der Waals surface area contributed by atoms with Gasteiger partial charge < -0.3 is 10.6 Å². The van der Waals surface area contributed by atoms with Gasteiger partial charge in [0.15, 0.2) is 11.0 Å². The fourth-order valence-corrected chi connectivity index (χ4v) is 7.10. The molecule has 10 nitrogen and oxygen atoms in total. The number of carbonyl (C=O) groups is 2. The summed E-state index contributed by atoms with van der Waals surface area (Å²) in [5, 5.41) is 13.8. The highest BCUT2D eigenvalue weighted by Crippen LogP contribution is 2.34. The minimum Gasteiger partial charge on any atom is -0.345 e. The number of rotatable bonds is 10. The number of aryl methyl sites for hydroxylation is 1. The van der Waals surface area contributed by atoms with Crippen molar-refractivity contribution in [3.63, 3.8) is 0 Å². The molecule has 2 amide bonds. The van der Waals surface area contributed by atoms with Gasteiger partial charge in [-0.3, -0.25) is 14.2 Å². The number of sulfonamides is 1. The van der Waals surface area contributed by atoms with Gasteiger partial charge in [-0.1, -0.05) is 36.0 Å². The standard InChI is InChI=1S/C30H29F3N6O4S2/c1-20-7-6-8-22(17-20)39-26(18-34-28(41)21-11-13-23(14-12-21)45(42,43)38-15-4-5-16-38)36-37-29(39)44-19-27(40)35-25-10-3-2-9-24(25)30(31,32)33/h2-3,6-14,17H,4-5,15-16,18-19H2,1H3,(H,34,41)(H,35,40). The molecular formula is C30H29F3N6O4S2. The molecule has 4 aromatic rings. The van der Waals surface area contributed by atoms with E-state index >= 15 is 0 Å². The first-order valence-electron chi connectivity index (χ1n) is 13.9. The monoisotopic (exact) mass is 658 g/mol. The molecule has 0 unspecified atom stereocenters. The summed E-state index contributed by atoms with van der Waals surface area (Å²) >= 11 is 0.977. The molecule has 1 aliphatic rings. The van der Waals surface area contributed by atoms with Gasteiger partial charge in [0.05, 0.1) is 28.4 Å². The van der Waals surface area contributed by atoms with Gasteiger partial charge in [0, 0.05) is 24.3 Å². The number of carbonyl (C=O) groups excluding carboxylic acids is 2. The number of thioether (sulfide) groups is 1. The van der Waals surface area contributed by atoms with Gasteiger partial charge in [0.1, 0.15) is 0 Å². The van der Waals surface area contributed by atoms with Crippen molar-refractivity contribution in [3.05, 3.63) is 95.3 Å². The number of aromatic nitrogens is 3. The summed E-state index contributed by atoms with van der Waals surface area (Å²) in [6.07, 6.45) is -3.00. The summed E-state index contributed by atoms with van der Waals surface area (Å²) in [5.41, 5.74) is 0.541. The predicted molar refractivity (Wildman–Crippen MR) is 162 cm³/mol. The molecule has 3 aromatic carbocycles. The van der Waals surface area contributed by atoms with Crippen LogP contribution < -0.4 is 10.6 Å². The molecule has 0 atom stereocenters. The molecular weight excluding hydrogens is 629 g/mol. The number of hydrogen-bond donors (Lipinski definition) is 2. The Labute approximate surface area is 262 Å². The van der Waals surface area contributed by atoms with E-state index < -0.39 is 33.6 Å². The molecule has 1 fully saturated rings. The van der Waals surface area contributed by atoms with Crippen molar-refractivity contribution in [1.82, 2.24) is 24.4 Å². The van der Waals surface area contributed by atoms with Crippen molar-refractivity contribution >= 4 is 39.3 Å². The number of nitrogens with one attached hydrogen (secondary N) is 2. The molecule has 45 heavy (non-hydrogen) atoms. The van der Waals surface area contributed by atoms with Crippen LogP contribution in [0.2, 0.25) is 0 Å². The van der Waals surface area contributed by atoms with Crippen LogP contribution in [0.25, 0.3) is 5.69 Å². The second kappa shape index (κ2) is 13.4. The zero-order chi connectivity index (χ0) is 32.2.